The number of carbonyl (C=O) groups excluding carboxylic acids is 1. The summed E-state index contributed by atoms with van der Waals surface area (Å²) in [6.45, 7) is 1.32. The third-order valence-corrected chi connectivity index (χ3v) is 1.70. The highest BCUT2D eigenvalue weighted by atomic mass is 16.5. The molecular weight excluding hydrogens is 196 g/mol. The summed E-state index contributed by atoms with van der Waals surface area (Å²) >= 11 is 0. The zero-order valence-electron chi connectivity index (χ0n) is 8.10. The third-order valence-electron chi connectivity index (χ3n) is 1.70. The minimum Gasteiger partial charge on any atom is -0.412 e. The van der Waals surface area contributed by atoms with Gasteiger partial charge >= 0.3 is 12.0 Å². The molecule has 0 aliphatic rings. The Morgan fingerprint density at radius 1 is 1.33 bits per heavy atom. The molecule has 5 heteroatoms. The summed E-state index contributed by atoms with van der Waals surface area (Å²) in [6, 6.07) is 7.59. The number of hydrogen-bond donors (Lipinski definition) is 0. The van der Waals surface area contributed by atoms with E-state index < -0.39 is 5.97 Å². The number of rotatable bonds is 1. The first-order valence-corrected chi connectivity index (χ1v) is 4.16. The summed E-state index contributed by atoms with van der Waals surface area (Å²) < 4.78 is 4.76. The van der Waals surface area contributed by atoms with Gasteiger partial charge in [-0.1, -0.05) is 18.2 Å². The van der Waals surface area contributed by atoms with Gasteiger partial charge in [-0.2, -0.15) is 4.98 Å². The summed E-state index contributed by atoms with van der Waals surface area (Å²) in [4.78, 5) is 18.6. The van der Waals surface area contributed by atoms with Crippen molar-refractivity contribution in [3.05, 3.63) is 30.5 Å². The van der Waals surface area contributed by atoms with Crippen LogP contribution < -0.4 is 4.74 Å². The first kappa shape index (κ1) is 11.1. The molecule has 0 atom stereocenters. The molecule has 78 valence electrons. The molecule has 1 aromatic heterocycles. The van der Waals surface area contributed by atoms with E-state index in [1.54, 1.807) is 6.20 Å². The Morgan fingerprint density at radius 3 is 2.80 bits per heavy atom. The standard InChI is InChI=1S/C10H8N2O2.H2O/c1-7(13)14-10-11-6-8-4-2-3-5-9(8)12-10;/h2-6H,1H3;1H2. The molecule has 1 heterocycles. The molecule has 0 fully saturated rings. The number of esters is 1. The second kappa shape index (κ2) is 4.47. The van der Waals surface area contributed by atoms with Crippen molar-refractivity contribution in [1.29, 1.82) is 0 Å². The van der Waals surface area contributed by atoms with Crippen molar-refractivity contribution in [2.75, 3.05) is 0 Å². The van der Waals surface area contributed by atoms with Crippen molar-refractivity contribution in [2.24, 2.45) is 0 Å². The van der Waals surface area contributed by atoms with Crippen LogP contribution in [0.4, 0.5) is 0 Å². The van der Waals surface area contributed by atoms with E-state index in [1.807, 2.05) is 24.3 Å². The van der Waals surface area contributed by atoms with Gasteiger partial charge in [0, 0.05) is 18.5 Å². The highest BCUT2D eigenvalue weighted by Crippen LogP contribution is 2.12. The predicted octanol–water partition coefficient (Wildman–Crippen LogP) is 0.730. The first-order valence-electron chi connectivity index (χ1n) is 4.16. The summed E-state index contributed by atoms with van der Waals surface area (Å²) in [5.41, 5.74) is 0.763. The molecule has 2 N–H and O–H groups in total. The molecule has 0 aliphatic heterocycles. The predicted molar refractivity (Wildman–Crippen MR) is 54.5 cm³/mol. The molecule has 2 aromatic rings. The van der Waals surface area contributed by atoms with Crippen molar-refractivity contribution in [3.63, 3.8) is 0 Å². The van der Waals surface area contributed by atoms with Crippen LogP contribution >= 0.6 is 0 Å². The molecule has 0 unspecified atom stereocenters. The van der Waals surface area contributed by atoms with E-state index >= 15 is 0 Å². The number of para-hydroxylation sites is 1. The maximum Gasteiger partial charge on any atom is 0.324 e. The average Bonchev–Trinajstić information content (AvgIpc) is 2.17. The van der Waals surface area contributed by atoms with Crippen LogP contribution in [0.5, 0.6) is 6.01 Å². The smallest absolute Gasteiger partial charge is 0.324 e. The second-order valence-corrected chi connectivity index (χ2v) is 2.81. The molecule has 0 aliphatic carbocycles. The largest absolute Gasteiger partial charge is 0.412 e. The highest BCUT2D eigenvalue weighted by molar-refractivity contribution is 5.78. The molecule has 0 saturated heterocycles. The molecule has 0 spiro atoms. The number of fused-ring (bicyclic) bond motifs is 1. The number of carbonyl (C=O) groups is 1. The molecular formula is C10H10N2O3. The molecule has 2 rings (SSSR count). The summed E-state index contributed by atoms with van der Waals surface area (Å²) in [5, 5.41) is 0.920. The van der Waals surface area contributed by atoms with Crippen LogP contribution in [-0.4, -0.2) is 21.4 Å². The summed E-state index contributed by atoms with van der Waals surface area (Å²) in [7, 11) is 0. The second-order valence-electron chi connectivity index (χ2n) is 2.81. The lowest BCUT2D eigenvalue weighted by molar-refractivity contribution is -0.132. The minimum absolute atomic E-state index is 0. The van der Waals surface area contributed by atoms with Crippen LogP contribution in [0, 0.1) is 0 Å². The Hall–Kier alpha value is -2.01. The maximum absolute atomic E-state index is 10.6. The van der Waals surface area contributed by atoms with Crippen molar-refractivity contribution in [2.45, 2.75) is 6.92 Å². The van der Waals surface area contributed by atoms with Gasteiger partial charge in [0.15, 0.2) is 0 Å². The van der Waals surface area contributed by atoms with E-state index in [9.17, 15) is 4.79 Å². The zero-order valence-corrected chi connectivity index (χ0v) is 8.10. The Kier molecular flexibility index (Phi) is 3.30. The van der Waals surface area contributed by atoms with E-state index in [1.165, 1.54) is 6.92 Å². The van der Waals surface area contributed by atoms with Gasteiger partial charge in [-0.05, 0) is 6.07 Å². The molecule has 0 bridgehead atoms. The highest BCUT2D eigenvalue weighted by Gasteiger charge is 2.02. The molecule has 5 nitrogen and oxygen atoms in total. The molecule has 15 heavy (non-hydrogen) atoms. The lowest BCUT2D eigenvalue weighted by atomic mass is 10.2. The number of benzene rings is 1. The normalized spacial score (nSPS) is 9.40. The third kappa shape index (κ3) is 2.47. The molecule has 1 aromatic carbocycles. The van der Waals surface area contributed by atoms with Crippen molar-refractivity contribution in [3.8, 4) is 6.01 Å². The molecule has 0 radical (unpaired) electrons. The summed E-state index contributed by atoms with van der Waals surface area (Å²) in [5.74, 6) is -0.416. The average molecular weight is 206 g/mol. The zero-order chi connectivity index (χ0) is 9.97. The van der Waals surface area contributed by atoms with Gasteiger partial charge in [-0.25, -0.2) is 4.98 Å². The minimum atomic E-state index is -0.416. The van der Waals surface area contributed by atoms with Crippen LogP contribution in [-0.2, 0) is 4.79 Å². The fraction of sp³-hybridized carbons (Fsp3) is 0.100. The van der Waals surface area contributed by atoms with Crippen molar-refractivity contribution < 1.29 is 15.0 Å². The van der Waals surface area contributed by atoms with Gasteiger partial charge in [0.1, 0.15) is 0 Å². The van der Waals surface area contributed by atoms with E-state index in [0.29, 0.717) is 0 Å². The Balaban J connectivity index is 0.00000112. The van der Waals surface area contributed by atoms with Gasteiger partial charge in [0.2, 0.25) is 0 Å². The van der Waals surface area contributed by atoms with Crippen LogP contribution in [0.15, 0.2) is 30.5 Å². The van der Waals surface area contributed by atoms with Crippen LogP contribution in [0.2, 0.25) is 0 Å². The van der Waals surface area contributed by atoms with E-state index in [0.717, 1.165) is 10.9 Å². The molecule has 0 amide bonds. The van der Waals surface area contributed by atoms with Crippen LogP contribution in [0.25, 0.3) is 10.9 Å². The molecule has 0 saturated carbocycles. The van der Waals surface area contributed by atoms with Crippen molar-refractivity contribution >= 4 is 16.9 Å². The lowest BCUT2D eigenvalue weighted by Gasteiger charge is -1.99. The fourth-order valence-electron chi connectivity index (χ4n) is 1.13. The summed E-state index contributed by atoms with van der Waals surface area (Å²) in [6.07, 6.45) is 1.63. The number of nitrogens with zero attached hydrogens (tertiary/aromatic N) is 2. The van der Waals surface area contributed by atoms with Gasteiger partial charge in [0.05, 0.1) is 5.52 Å². The SMILES string of the molecule is CC(=O)Oc1ncc2ccccc2n1.O. The van der Waals surface area contributed by atoms with Crippen molar-refractivity contribution in [1.82, 2.24) is 9.97 Å². The van der Waals surface area contributed by atoms with E-state index in [4.69, 9.17) is 4.74 Å². The van der Waals surface area contributed by atoms with Gasteiger partial charge in [-0.3, -0.25) is 4.79 Å². The maximum atomic E-state index is 10.6. The Labute approximate surface area is 86.0 Å². The van der Waals surface area contributed by atoms with E-state index in [-0.39, 0.29) is 11.5 Å². The first-order chi connectivity index (χ1) is 6.75. The Bertz CT molecular complexity index is 485. The van der Waals surface area contributed by atoms with Gasteiger partial charge < -0.3 is 10.2 Å². The Morgan fingerprint density at radius 2 is 2.07 bits per heavy atom. The van der Waals surface area contributed by atoms with Crippen LogP contribution in [0.1, 0.15) is 6.92 Å². The topological polar surface area (TPSA) is 83.6 Å². The monoisotopic (exact) mass is 206 g/mol. The quantitative estimate of drug-likeness (QED) is 0.644. The van der Waals surface area contributed by atoms with Crippen LogP contribution in [0.3, 0.4) is 0 Å². The number of ether oxygens (including phenoxy) is 1. The van der Waals surface area contributed by atoms with Gasteiger partial charge in [-0.15, -0.1) is 0 Å². The van der Waals surface area contributed by atoms with E-state index in [2.05, 4.69) is 9.97 Å². The number of hydrogen-bond acceptors (Lipinski definition) is 4. The number of aromatic nitrogens is 2. The van der Waals surface area contributed by atoms with Gasteiger partial charge in [0.25, 0.3) is 0 Å². The fourth-order valence-corrected chi connectivity index (χ4v) is 1.13. The lowest BCUT2D eigenvalue weighted by Crippen LogP contribution is -2.04.